The van der Waals surface area contributed by atoms with Gasteiger partial charge in [-0.05, 0) is 24.6 Å². The molecule has 0 saturated carbocycles. The van der Waals surface area contributed by atoms with E-state index in [0.29, 0.717) is 0 Å². The van der Waals surface area contributed by atoms with E-state index in [-0.39, 0.29) is 5.91 Å². The number of rotatable bonds is 5. The number of unbranched alkanes of at least 4 members (excludes halogenated alkanes) is 1. The molecule has 98 valence electrons. The van der Waals surface area contributed by atoms with Gasteiger partial charge in [0.2, 0.25) is 0 Å². The van der Waals surface area contributed by atoms with Crippen molar-refractivity contribution in [3.8, 4) is 0 Å². The summed E-state index contributed by atoms with van der Waals surface area (Å²) in [6, 6.07) is 9.54. The maximum atomic E-state index is 12.3. The van der Waals surface area contributed by atoms with Crippen LogP contribution in [0.2, 0.25) is 0 Å². The Kier molecular flexibility index (Phi) is 4.50. The lowest BCUT2D eigenvalue weighted by Crippen LogP contribution is -2.23. The lowest BCUT2D eigenvalue weighted by atomic mass is 10.2. The number of nitrogens with one attached hydrogen (secondary N) is 1. The number of allylic oxidation sites excluding steroid dienone is 1. The van der Waals surface area contributed by atoms with Gasteiger partial charge in [-0.25, -0.2) is 0 Å². The smallest absolute Gasteiger partial charge is 0.255 e. The summed E-state index contributed by atoms with van der Waals surface area (Å²) in [5.41, 5.74) is 1.56. The number of hydrogen-bond donors (Lipinski definition) is 1. The number of nitrogens with zero attached hydrogens (tertiary/aromatic N) is 2. The molecule has 1 amide bonds. The normalized spacial score (nSPS) is 10.8. The van der Waals surface area contributed by atoms with Crippen LogP contribution in [0.25, 0.3) is 0 Å². The fraction of sp³-hybridized carbons (Fsp3) is 0.200. The Morgan fingerprint density at radius 1 is 1.32 bits per heavy atom. The molecule has 4 nitrogen and oxygen atoms in total. The minimum Gasteiger partial charge on any atom is -0.284 e. The molecule has 1 heterocycles. The van der Waals surface area contributed by atoms with Gasteiger partial charge in [0.25, 0.3) is 5.91 Å². The van der Waals surface area contributed by atoms with Gasteiger partial charge in [0.1, 0.15) is 0 Å². The van der Waals surface area contributed by atoms with Gasteiger partial charge < -0.3 is 0 Å². The van der Waals surface area contributed by atoms with E-state index in [1.165, 1.54) is 0 Å². The Morgan fingerprint density at radius 3 is 2.74 bits per heavy atom. The van der Waals surface area contributed by atoms with Gasteiger partial charge in [0.15, 0.2) is 0 Å². The van der Waals surface area contributed by atoms with Crippen molar-refractivity contribution in [1.29, 1.82) is 0 Å². The van der Waals surface area contributed by atoms with Gasteiger partial charge in [-0.2, -0.15) is 5.10 Å². The monoisotopic (exact) mass is 255 g/mol. The number of carbonyl (C=O) groups excluding carboxylic acids is 1. The highest BCUT2D eigenvalue weighted by atomic mass is 16.2. The number of aromatic amines is 1. The lowest BCUT2D eigenvalue weighted by Gasteiger charge is -2.19. The van der Waals surface area contributed by atoms with Gasteiger partial charge in [-0.3, -0.25) is 14.8 Å². The van der Waals surface area contributed by atoms with E-state index in [1.54, 1.807) is 23.4 Å². The predicted molar refractivity (Wildman–Crippen MR) is 76.2 cm³/mol. The number of H-pyrrole nitrogens is 1. The van der Waals surface area contributed by atoms with Crippen LogP contribution < -0.4 is 4.90 Å². The molecular weight excluding hydrogens is 238 g/mol. The number of anilines is 2. The molecule has 0 atom stereocenters. The molecule has 1 N–H and O–H groups in total. The molecule has 2 aromatic rings. The summed E-state index contributed by atoms with van der Waals surface area (Å²) in [7, 11) is 0. The Hall–Kier alpha value is -2.36. The largest absolute Gasteiger partial charge is 0.284 e. The van der Waals surface area contributed by atoms with E-state index >= 15 is 0 Å². The second-order valence-electron chi connectivity index (χ2n) is 4.16. The summed E-state index contributed by atoms with van der Waals surface area (Å²) in [6.07, 6.45) is 8.79. The first-order valence-electron chi connectivity index (χ1n) is 6.37. The fourth-order valence-electron chi connectivity index (χ4n) is 1.77. The Morgan fingerprint density at radius 2 is 2.11 bits per heavy atom. The average molecular weight is 255 g/mol. The molecule has 4 heteroatoms. The predicted octanol–water partition coefficient (Wildman–Crippen LogP) is 3.43. The van der Waals surface area contributed by atoms with E-state index in [4.69, 9.17) is 0 Å². The number of hydrogen-bond acceptors (Lipinski definition) is 2. The highest BCUT2D eigenvalue weighted by Crippen LogP contribution is 2.24. The van der Waals surface area contributed by atoms with Crippen molar-refractivity contribution < 1.29 is 4.79 Å². The molecule has 0 aliphatic heterocycles. The molecule has 0 radical (unpaired) electrons. The lowest BCUT2D eigenvalue weighted by molar-refractivity contribution is -0.113. The average Bonchev–Trinajstić information content (AvgIpc) is 2.94. The van der Waals surface area contributed by atoms with Gasteiger partial charge in [-0.15, -0.1) is 0 Å². The number of carbonyl (C=O) groups is 1. The molecule has 0 saturated heterocycles. The molecule has 1 aromatic heterocycles. The van der Waals surface area contributed by atoms with Crippen molar-refractivity contribution in [2.75, 3.05) is 4.90 Å². The number of aromatic nitrogens is 2. The van der Waals surface area contributed by atoms with Crippen molar-refractivity contribution >= 4 is 17.3 Å². The highest BCUT2D eigenvalue weighted by molar-refractivity contribution is 6.06. The molecule has 0 spiro atoms. The van der Waals surface area contributed by atoms with Crippen LogP contribution in [-0.4, -0.2) is 16.1 Å². The Balaban J connectivity index is 2.28. The van der Waals surface area contributed by atoms with E-state index in [1.807, 2.05) is 36.4 Å². The molecule has 2 rings (SSSR count). The maximum absolute atomic E-state index is 12.3. The van der Waals surface area contributed by atoms with Gasteiger partial charge in [-0.1, -0.05) is 37.6 Å². The first-order valence-corrected chi connectivity index (χ1v) is 6.37. The van der Waals surface area contributed by atoms with Crippen LogP contribution in [0.5, 0.6) is 0 Å². The zero-order valence-corrected chi connectivity index (χ0v) is 10.9. The summed E-state index contributed by atoms with van der Waals surface area (Å²) < 4.78 is 0. The SMILES string of the molecule is CCCC=CC(=O)N(c1ccccc1)c1cn[nH]c1. The summed E-state index contributed by atoms with van der Waals surface area (Å²) in [5.74, 6) is -0.0685. The van der Waals surface area contributed by atoms with Gasteiger partial charge in [0.05, 0.1) is 11.9 Å². The molecule has 19 heavy (non-hydrogen) atoms. The van der Waals surface area contributed by atoms with Crippen LogP contribution >= 0.6 is 0 Å². The number of benzene rings is 1. The summed E-state index contributed by atoms with van der Waals surface area (Å²) in [5, 5.41) is 6.64. The first-order chi connectivity index (χ1) is 9.33. The second kappa shape index (κ2) is 6.54. The van der Waals surface area contributed by atoms with Gasteiger partial charge in [0, 0.05) is 11.9 Å². The zero-order valence-electron chi connectivity index (χ0n) is 10.9. The number of amides is 1. The third kappa shape index (κ3) is 3.31. The van der Waals surface area contributed by atoms with Crippen LogP contribution in [0.4, 0.5) is 11.4 Å². The molecule has 1 aromatic carbocycles. The van der Waals surface area contributed by atoms with Crippen molar-refractivity contribution in [3.63, 3.8) is 0 Å². The fourth-order valence-corrected chi connectivity index (χ4v) is 1.77. The highest BCUT2D eigenvalue weighted by Gasteiger charge is 2.15. The molecule has 0 bridgehead atoms. The van der Waals surface area contributed by atoms with Crippen molar-refractivity contribution in [2.24, 2.45) is 0 Å². The van der Waals surface area contributed by atoms with Crippen LogP contribution in [-0.2, 0) is 4.79 Å². The first kappa shape index (κ1) is 13.1. The van der Waals surface area contributed by atoms with Crippen LogP contribution in [0.15, 0.2) is 54.9 Å². The van der Waals surface area contributed by atoms with Crippen LogP contribution in [0.1, 0.15) is 19.8 Å². The molecule has 0 aliphatic rings. The molecule has 0 unspecified atom stereocenters. The molecule has 0 aliphatic carbocycles. The van der Waals surface area contributed by atoms with Gasteiger partial charge >= 0.3 is 0 Å². The summed E-state index contributed by atoms with van der Waals surface area (Å²) in [4.78, 5) is 13.9. The summed E-state index contributed by atoms with van der Waals surface area (Å²) in [6.45, 7) is 2.08. The molecular formula is C15H17N3O. The van der Waals surface area contributed by atoms with E-state index in [0.717, 1.165) is 24.2 Å². The summed E-state index contributed by atoms with van der Waals surface area (Å²) >= 11 is 0. The third-order valence-electron chi connectivity index (χ3n) is 2.69. The van der Waals surface area contributed by atoms with E-state index in [2.05, 4.69) is 17.1 Å². The Bertz CT molecular complexity index is 532. The van der Waals surface area contributed by atoms with E-state index < -0.39 is 0 Å². The quantitative estimate of drug-likeness (QED) is 0.832. The minimum absolute atomic E-state index is 0.0685. The molecule has 0 fully saturated rings. The van der Waals surface area contributed by atoms with Crippen LogP contribution in [0.3, 0.4) is 0 Å². The van der Waals surface area contributed by atoms with Crippen LogP contribution in [0, 0.1) is 0 Å². The maximum Gasteiger partial charge on any atom is 0.255 e. The topological polar surface area (TPSA) is 49.0 Å². The number of para-hydroxylation sites is 1. The van der Waals surface area contributed by atoms with E-state index in [9.17, 15) is 4.79 Å². The standard InChI is InChI=1S/C15H17N3O/c1-2-3-5-10-15(19)18(14-11-16-17-12-14)13-8-6-4-7-9-13/h4-12H,2-3H2,1H3,(H,16,17). The zero-order chi connectivity index (χ0) is 13.5. The third-order valence-corrected chi connectivity index (χ3v) is 2.69. The minimum atomic E-state index is -0.0685. The van der Waals surface area contributed by atoms with Crippen molar-refractivity contribution in [1.82, 2.24) is 10.2 Å². The van der Waals surface area contributed by atoms with Crippen molar-refractivity contribution in [3.05, 3.63) is 54.9 Å². The Labute approximate surface area is 112 Å². The van der Waals surface area contributed by atoms with Crippen molar-refractivity contribution in [2.45, 2.75) is 19.8 Å². The second-order valence-corrected chi connectivity index (χ2v) is 4.16.